The van der Waals surface area contributed by atoms with Gasteiger partial charge in [-0.25, -0.2) is 0 Å². The van der Waals surface area contributed by atoms with Gasteiger partial charge in [0, 0.05) is 10.8 Å². The third kappa shape index (κ3) is 3.07. The first kappa shape index (κ1) is 17.9. The van der Waals surface area contributed by atoms with Crippen molar-refractivity contribution in [2.45, 2.75) is 26.7 Å². The van der Waals surface area contributed by atoms with Gasteiger partial charge in [-0.2, -0.15) is 0 Å². The molecule has 0 radical (unpaired) electrons. The second kappa shape index (κ2) is 7.32. The van der Waals surface area contributed by atoms with Gasteiger partial charge in [0.2, 0.25) is 0 Å². The fourth-order valence-electron chi connectivity index (χ4n) is 3.98. The van der Waals surface area contributed by atoms with Gasteiger partial charge in [-0.1, -0.05) is 38.1 Å². The molecule has 1 heterocycles. The normalized spacial score (nSPS) is 11.7. The topological polar surface area (TPSA) is 31.6 Å². The molecule has 0 saturated heterocycles. The number of benzene rings is 4. The maximum atomic E-state index is 6.23. The van der Waals surface area contributed by atoms with Crippen molar-refractivity contribution in [3.63, 3.8) is 0 Å². The van der Waals surface area contributed by atoms with Gasteiger partial charge in [-0.15, -0.1) is 0 Å². The van der Waals surface area contributed by atoms with Crippen LogP contribution in [0.25, 0.3) is 43.5 Å². The molecule has 3 heteroatoms. The van der Waals surface area contributed by atoms with E-state index in [9.17, 15) is 0 Å². The van der Waals surface area contributed by atoms with Gasteiger partial charge in [0.1, 0.15) is 22.7 Å². The molecule has 5 rings (SSSR count). The summed E-state index contributed by atoms with van der Waals surface area (Å²) in [6, 6.07) is 21.0. The van der Waals surface area contributed by atoms with Gasteiger partial charge in [-0.3, -0.25) is 0 Å². The second-order valence-corrected chi connectivity index (χ2v) is 7.44. The zero-order valence-corrected chi connectivity index (χ0v) is 16.8. The Morgan fingerprint density at radius 3 is 1.52 bits per heavy atom. The number of hydrogen-bond acceptors (Lipinski definition) is 3. The fourth-order valence-corrected chi connectivity index (χ4v) is 3.98. The molecule has 146 valence electrons. The Kier molecular flexibility index (Phi) is 4.51. The number of hydrogen-bond donors (Lipinski definition) is 0. The molecule has 0 spiro atoms. The Labute approximate surface area is 169 Å². The lowest BCUT2D eigenvalue weighted by Gasteiger charge is -2.08. The number of ether oxygens (including phenoxy) is 2. The molecule has 29 heavy (non-hydrogen) atoms. The van der Waals surface area contributed by atoms with E-state index in [2.05, 4.69) is 62.4 Å². The van der Waals surface area contributed by atoms with E-state index < -0.39 is 0 Å². The minimum absolute atomic E-state index is 0.717. The first-order valence-corrected chi connectivity index (χ1v) is 10.4. The molecule has 0 aliphatic heterocycles. The van der Waals surface area contributed by atoms with E-state index in [0.717, 1.165) is 57.1 Å². The summed E-state index contributed by atoms with van der Waals surface area (Å²) >= 11 is 0. The predicted molar refractivity (Wildman–Crippen MR) is 120 cm³/mol. The fraction of sp³-hybridized carbons (Fsp3) is 0.231. The van der Waals surface area contributed by atoms with Crippen LogP contribution in [0.1, 0.15) is 26.7 Å². The van der Waals surface area contributed by atoms with Crippen molar-refractivity contribution < 1.29 is 13.9 Å². The largest absolute Gasteiger partial charge is 0.494 e. The van der Waals surface area contributed by atoms with Gasteiger partial charge in [0.15, 0.2) is 0 Å². The number of fused-ring (bicyclic) bond motifs is 7. The molecule has 1 aromatic heterocycles. The summed E-state index contributed by atoms with van der Waals surface area (Å²) in [4.78, 5) is 0. The minimum Gasteiger partial charge on any atom is -0.494 e. The third-order valence-corrected chi connectivity index (χ3v) is 5.33. The Morgan fingerprint density at radius 1 is 0.621 bits per heavy atom. The van der Waals surface area contributed by atoms with Crippen LogP contribution in [0.4, 0.5) is 0 Å². The van der Waals surface area contributed by atoms with Crippen molar-refractivity contribution in [3.8, 4) is 11.5 Å². The first-order valence-electron chi connectivity index (χ1n) is 10.4. The maximum Gasteiger partial charge on any atom is 0.136 e. The van der Waals surface area contributed by atoms with E-state index in [4.69, 9.17) is 13.9 Å². The van der Waals surface area contributed by atoms with Crippen molar-refractivity contribution in [1.29, 1.82) is 0 Å². The van der Waals surface area contributed by atoms with Crippen molar-refractivity contribution >= 4 is 43.5 Å². The monoisotopic (exact) mass is 384 g/mol. The lowest BCUT2D eigenvalue weighted by Crippen LogP contribution is -1.94. The highest BCUT2D eigenvalue weighted by molar-refractivity contribution is 6.26. The molecule has 4 aromatic carbocycles. The molecule has 0 aliphatic rings. The number of rotatable bonds is 6. The van der Waals surface area contributed by atoms with Crippen molar-refractivity contribution in [3.05, 3.63) is 60.7 Å². The third-order valence-electron chi connectivity index (χ3n) is 5.33. The molecule has 0 N–H and O–H groups in total. The average Bonchev–Trinajstić information content (AvgIpc) is 3.15. The molecule has 0 amide bonds. The van der Waals surface area contributed by atoms with Crippen molar-refractivity contribution in [2.24, 2.45) is 0 Å². The van der Waals surface area contributed by atoms with Crippen molar-refractivity contribution in [2.75, 3.05) is 13.2 Å². The quantitative estimate of drug-likeness (QED) is 0.304. The van der Waals surface area contributed by atoms with Crippen LogP contribution in [0.5, 0.6) is 11.5 Å². The van der Waals surface area contributed by atoms with E-state index in [1.165, 1.54) is 10.8 Å². The molecule has 0 bridgehead atoms. The lowest BCUT2D eigenvalue weighted by molar-refractivity contribution is 0.318. The van der Waals surface area contributed by atoms with Crippen LogP contribution in [0.3, 0.4) is 0 Å². The molecular weight excluding hydrogens is 360 g/mol. The van der Waals surface area contributed by atoms with Gasteiger partial charge in [0.25, 0.3) is 0 Å². The van der Waals surface area contributed by atoms with Gasteiger partial charge in [-0.05, 0) is 70.8 Å². The van der Waals surface area contributed by atoms with Crippen LogP contribution in [-0.2, 0) is 0 Å². The Bertz CT molecular complexity index is 1230. The summed E-state index contributed by atoms with van der Waals surface area (Å²) < 4.78 is 18.0. The first-order chi connectivity index (χ1) is 14.3. The van der Waals surface area contributed by atoms with E-state index in [0.29, 0.717) is 13.2 Å². The van der Waals surface area contributed by atoms with Gasteiger partial charge < -0.3 is 13.9 Å². The molecule has 0 aliphatic carbocycles. The average molecular weight is 384 g/mol. The van der Waals surface area contributed by atoms with Crippen LogP contribution >= 0.6 is 0 Å². The zero-order chi connectivity index (χ0) is 19.8. The minimum atomic E-state index is 0.717. The van der Waals surface area contributed by atoms with Crippen LogP contribution in [-0.4, -0.2) is 13.2 Å². The summed E-state index contributed by atoms with van der Waals surface area (Å²) in [6.45, 7) is 5.67. The molecule has 3 nitrogen and oxygen atoms in total. The highest BCUT2D eigenvalue weighted by atomic mass is 16.5. The molecule has 0 unspecified atom stereocenters. The summed E-state index contributed by atoms with van der Waals surface area (Å²) in [5.74, 6) is 1.79. The van der Waals surface area contributed by atoms with Crippen LogP contribution in [0, 0.1) is 0 Å². The molecule has 5 aromatic rings. The Hall–Kier alpha value is -3.20. The van der Waals surface area contributed by atoms with Crippen LogP contribution in [0.2, 0.25) is 0 Å². The molecular formula is C26H24O3. The van der Waals surface area contributed by atoms with Gasteiger partial charge >= 0.3 is 0 Å². The molecule has 0 fully saturated rings. The summed E-state index contributed by atoms with van der Waals surface area (Å²) in [7, 11) is 0. The number of furan rings is 1. The highest BCUT2D eigenvalue weighted by Gasteiger charge is 2.14. The molecule has 0 atom stereocenters. The summed E-state index contributed by atoms with van der Waals surface area (Å²) in [5.41, 5.74) is 1.79. The van der Waals surface area contributed by atoms with E-state index in [-0.39, 0.29) is 0 Å². The molecule has 0 saturated carbocycles. The van der Waals surface area contributed by atoms with E-state index in [1.54, 1.807) is 0 Å². The Morgan fingerprint density at radius 2 is 1.07 bits per heavy atom. The van der Waals surface area contributed by atoms with Crippen LogP contribution in [0.15, 0.2) is 65.1 Å². The summed E-state index contributed by atoms with van der Waals surface area (Å²) in [6.07, 6.45) is 1.98. The van der Waals surface area contributed by atoms with Crippen molar-refractivity contribution in [1.82, 2.24) is 0 Å². The van der Waals surface area contributed by atoms with Gasteiger partial charge in [0.05, 0.1) is 13.2 Å². The smallest absolute Gasteiger partial charge is 0.136 e. The predicted octanol–water partition coefficient (Wildman–Crippen LogP) is 7.47. The highest BCUT2D eigenvalue weighted by Crippen LogP contribution is 2.40. The zero-order valence-electron chi connectivity index (χ0n) is 16.8. The second-order valence-electron chi connectivity index (χ2n) is 7.44. The maximum absolute atomic E-state index is 6.23. The lowest BCUT2D eigenvalue weighted by atomic mass is 9.99. The summed E-state index contributed by atoms with van der Waals surface area (Å²) in [5, 5.41) is 6.94. The van der Waals surface area contributed by atoms with E-state index in [1.807, 2.05) is 12.1 Å². The standard InChI is InChI=1S/C26H24O3/c1-3-13-27-19-9-5-17-7-11-23-25(21(17)15-19)26-22-16-20(28-14-4-2)10-6-18(22)8-12-24(26)29-23/h5-12,15-16H,3-4,13-14H2,1-2H3. The van der Waals surface area contributed by atoms with Crippen LogP contribution < -0.4 is 9.47 Å². The Balaban J connectivity index is 1.83. The van der Waals surface area contributed by atoms with E-state index >= 15 is 0 Å². The SMILES string of the molecule is CCCOc1ccc2ccc3oc4ccc5ccc(OCCC)cc5c4c3c2c1.